The van der Waals surface area contributed by atoms with Crippen LogP contribution in [0.4, 0.5) is 0 Å². The molecule has 2 amide bonds. The number of ether oxygens (including phenoxy) is 2. The summed E-state index contributed by atoms with van der Waals surface area (Å²) in [7, 11) is 4.55. The minimum Gasteiger partial charge on any atom is -0.454 e. The van der Waals surface area contributed by atoms with E-state index < -0.39 is 21.2 Å². The molecule has 5 heterocycles. The third-order valence-electron chi connectivity index (χ3n) is 6.65. The Balaban J connectivity index is 1.60. The van der Waals surface area contributed by atoms with Gasteiger partial charge in [0.25, 0.3) is 11.8 Å². The Labute approximate surface area is 163 Å². The third-order valence-corrected chi connectivity index (χ3v) is 10.3. The first-order valence-electron chi connectivity index (χ1n) is 8.69. The van der Waals surface area contributed by atoms with Crippen LogP contribution in [0.1, 0.15) is 30.5 Å². The molecule has 0 radical (unpaired) electrons. The topological polar surface area (TPSA) is 82.9 Å². The summed E-state index contributed by atoms with van der Waals surface area (Å²) < 4.78 is 11.1. The van der Waals surface area contributed by atoms with E-state index in [0.717, 1.165) is 11.1 Å². The van der Waals surface area contributed by atoms with E-state index in [1.165, 1.54) is 21.6 Å². The molecule has 4 fully saturated rings. The number of carbonyl (C=O) groups is 2. The maximum atomic E-state index is 13.5. The highest BCUT2D eigenvalue weighted by atomic mass is 33.1. The zero-order valence-electron chi connectivity index (χ0n) is 14.6. The lowest BCUT2D eigenvalue weighted by Gasteiger charge is -2.57. The highest BCUT2D eigenvalue weighted by molar-refractivity contribution is 8.78. The normalized spacial score (nSPS) is 40.1. The van der Waals surface area contributed by atoms with Gasteiger partial charge in [-0.2, -0.15) is 5.26 Å². The Hall–Kier alpha value is -2.05. The highest BCUT2D eigenvalue weighted by Crippen LogP contribution is 2.72. The molecule has 9 heteroatoms. The molecule has 138 valence electrons. The van der Waals surface area contributed by atoms with Gasteiger partial charge in [0.1, 0.15) is 0 Å². The minimum absolute atomic E-state index is 0.0836. The molecule has 5 aliphatic heterocycles. The zero-order valence-corrected chi connectivity index (χ0v) is 16.3. The first-order valence-corrected chi connectivity index (χ1v) is 10.8. The molecule has 1 unspecified atom stereocenters. The van der Waals surface area contributed by atoms with Crippen LogP contribution in [-0.4, -0.2) is 45.2 Å². The van der Waals surface area contributed by atoms with Crippen LogP contribution in [0.15, 0.2) is 12.1 Å². The largest absolute Gasteiger partial charge is 0.454 e. The molecule has 1 aromatic rings. The molecule has 7 rings (SSSR count). The highest BCUT2D eigenvalue weighted by Gasteiger charge is 2.77. The number of benzene rings is 1. The van der Waals surface area contributed by atoms with E-state index in [2.05, 4.69) is 6.07 Å². The van der Waals surface area contributed by atoms with Crippen molar-refractivity contribution in [1.29, 1.82) is 5.26 Å². The molecule has 0 aromatic heterocycles. The average molecular weight is 401 g/mol. The number of amides is 2. The molecular weight excluding hydrogens is 386 g/mol. The molecule has 4 saturated heterocycles. The molecule has 4 atom stereocenters. The second-order valence-corrected chi connectivity index (χ2v) is 10.7. The molecule has 7 nitrogen and oxygen atoms in total. The number of rotatable bonds is 0. The van der Waals surface area contributed by atoms with Gasteiger partial charge >= 0.3 is 0 Å². The minimum atomic E-state index is -1.01. The first kappa shape index (κ1) is 16.0. The van der Waals surface area contributed by atoms with Crippen molar-refractivity contribution in [1.82, 2.24) is 9.80 Å². The van der Waals surface area contributed by atoms with Gasteiger partial charge in [0.15, 0.2) is 21.2 Å². The summed E-state index contributed by atoms with van der Waals surface area (Å²) in [5, 5.41) is 10.2. The Kier molecular flexibility index (Phi) is 2.66. The summed E-state index contributed by atoms with van der Waals surface area (Å²) in [4.78, 5) is 28.1. The quantitative estimate of drug-likeness (QED) is 0.615. The predicted octanol–water partition coefficient (Wildman–Crippen LogP) is 2.03. The molecule has 0 N–H and O–H groups in total. The summed E-state index contributed by atoms with van der Waals surface area (Å²) in [6.07, 6.45) is 0.786. The van der Waals surface area contributed by atoms with E-state index in [1.807, 2.05) is 12.1 Å². The molecular formula is C18H15N3O4S2. The van der Waals surface area contributed by atoms with Crippen LogP contribution in [0.25, 0.3) is 0 Å². The predicted molar refractivity (Wildman–Crippen MR) is 97.6 cm³/mol. The Morgan fingerprint density at radius 3 is 2.85 bits per heavy atom. The van der Waals surface area contributed by atoms with Crippen LogP contribution >= 0.6 is 21.6 Å². The smallest absolute Gasteiger partial charge is 0.261 e. The number of fused-ring (bicyclic) bond motifs is 7. The fourth-order valence-corrected chi connectivity index (χ4v) is 8.77. The lowest BCUT2D eigenvalue weighted by molar-refractivity contribution is -0.164. The van der Waals surface area contributed by atoms with Crippen LogP contribution in [0.5, 0.6) is 11.5 Å². The molecule has 2 bridgehead atoms. The van der Waals surface area contributed by atoms with E-state index in [-0.39, 0.29) is 18.6 Å². The van der Waals surface area contributed by atoms with E-state index >= 15 is 0 Å². The molecule has 0 saturated carbocycles. The Morgan fingerprint density at radius 2 is 2.07 bits per heavy atom. The van der Waals surface area contributed by atoms with E-state index in [1.54, 1.807) is 23.8 Å². The summed E-state index contributed by atoms with van der Waals surface area (Å²) >= 11 is 0. The van der Waals surface area contributed by atoms with Crippen molar-refractivity contribution >= 4 is 33.4 Å². The Morgan fingerprint density at radius 1 is 1.26 bits per heavy atom. The van der Waals surface area contributed by atoms with E-state index in [4.69, 9.17) is 9.47 Å². The second kappa shape index (κ2) is 4.50. The van der Waals surface area contributed by atoms with Crippen molar-refractivity contribution in [2.75, 3.05) is 13.8 Å². The molecule has 1 spiro atoms. The van der Waals surface area contributed by atoms with E-state index in [0.29, 0.717) is 24.3 Å². The number of carbonyl (C=O) groups excluding carboxylic acids is 2. The van der Waals surface area contributed by atoms with Gasteiger partial charge in [0.2, 0.25) is 6.79 Å². The number of hydrogen-bond donors (Lipinski definition) is 0. The lowest BCUT2D eigenvalue weighted by atomic mass is 9.81. The molecule has 6 aliphatic rings. The van der Waals surface area contributed by atoms with Gasteiger partial charge in [-0.1, -0.05) is 27.7 Å². The fourth-order valence-electron chi connectivity index (χ4n) is 5.23. The first-order chi connectivity index (χ1) is 12.9. The summed E-state index contributed by atoms with van der Waals surface area (Å²) in [6.45, 7) is 1.95. The van der Waals surface area contributed by atoms with Crippen molar-refractivity contribution < 1.29 is 19.1 Å². The SMILES string of the molecule is CN1C(=O)[C@@]23C[C@@]4(C#N)Cc5c(ccc6c5OCO6)[C@@H]4N2C(=O)C1(C)SS3. The van der Waals surface area contributed by atoms with Crippen LogP contribution in [0, 0.1) is 16.7 Å². The molecule has 27 heavy (non-hydrogen) atoms. The van der Waals surface area contributed by atoms with Crippen molar-refractivity contribution in [2.24, 2.45) is 5.41 Å². The van der Waals surface area contributed by atoms with Gasteiger partial charge in [0, 0.05) is 19.0 Å². The van der Waals surface area contributed by atoms with Crippen molar-refractivity contribution in [3.8, 4) is 17.6 Å². The van der Waals surface area contributed by atoms with Crippen molar-refractivity contribution in [3.63, 3.8) is 0 Å². The zero-order chi connectivity index (χ0) is 18.8. The monoisotopic (exact) mass is 401 g/mol. The second-order valence-electron chi connectivity index (χ2n) is 7.86. The maximum absolute atomic E-state index is 13.5. The van der Waals surface area contributed by atoms with Crippen molar-refractivity contribution in [3.05, 3.63) is 23.3 Å². The van der Waals surface area contributed by atoms with Crippen LogP contribution in [0.2, 0.25) is 0 Å². The third kappa shape index (κ3) is 1.49. The van der Waals surface area contributed by atoms with Gasteiger partial charge < -0.3 is 19.3 Å². The van der Waals surface area contributed by atoms with Gasteiger partial charge in [0.05, 0.1) is 17.5 Å². The lowest BCUT2D eigenvalue weighted by Crippen LogP contribution is -2.73. The average Bonchev–Trinajstić information content (AvgIpc) is 3.32. The number of piperazine rings is 1. The number of nitriles is 1. The summed E-state index contributed by atoms with van der Waals surface area (Å²) in [5.41, 5.74) is 1.01. The number of nitrogens with zero attached hydrogens (tertiary/aromatic N) is 3. The number of likely N-dealkylation sites (N-methyl/N-ethyl adjacent to an activating group) is 1. The van der Waals surface area contributed by atoms with Crippen molar-refractivity contribution in [2.45, 2.75) is 35.5 Å². The summed E-state index contributed by atoms with van der Waals surface area (Å²) in [6, 6.07) is 5.82. The standard InChI is InChI=1S/C18H15N3O4S2/c1-16-14(22)21-13-9-3-4-11-12(25-8-24-11)10(9)5-17(13,7-19)6-18(21,27-26-16)15(23)20(16)2/h3-4,13H,5-6,8H2,1-2H3/t13-,16?,17+,18-/m0/s1. The maximum Gasteiger partial charge on any atom is 0.261 e. The van der Waals surface area contributed by atoms with E-state index in [9.17, 15) is 14.9 Å². The van der Waals surface area contributed by atoms with Gasteiger partial charge in [-0.15, -0.1) is 0 Å². The Bertz CT molecular complexity index is 1010. The number of hydrogen-bond acceptors (Lipinski definition) is 7. The van der Waals surface area contributed by atoms with Gasteiger partial charge in [-0.3, -0.25) is 9.59 Å². The molecule has 1 aromatic carbocycles. The van der Waals surface area contributed by atoms with Crippen LogP contribution in [0.3, 0.4) is 0 Å². The van der Waals surface area contributed by atoms with Crippen LogP contribution in [-0.2, 0) is 16.0 Å². The molecule has 1 aliphatic carbocycles. The fraction of sp³-hybridized carbons (Fsp3) is 0.500. The van der Waals surface area contributed by atoms with Crippen LogP contribution < -0.4 is 9.47 Å². The summed E-state index contributed by atoms with van der Waals surface area (Å²) in [5.74, 6) is 1.17. The van der Waals surface area contributed by atoms with Gasteiger partial charge in [-0.25, -0.2) is 0 Å². The van der Waals surface area contributed by atoms with Gasteiger partial charge in [-0.05, 0) is 25.0 Å².